The summed E-state index contributed by atoms with van der Waals surface area (Å²) in [5, 5.41) is 12.6. The molecule has 262 valence electrons. The first kappa shape index (κ1) is 37.7. The van der Waals surface area contributed by atoms with Gasteiger partial charge in [-0.3, -0.25) is 38.5 Å². The maximum absolute atomic E-state index is 13.0. The lowest BCUT2D eigenvalue weighted by Crippen LogP contribution is -2.52. The van der Waals surface area contributed by atoms with Gasteiger partial charge in [-0.15, -0.1) is 0 Å². The lowest BCUT2D eigenvalue weighted by Gasteiger charge is -2.19. The number of benzene rings is 2. The Labute approximate surface area is 282 Å². The third-order valence-electron chi connectivity index (χ3n) is 7.31. The van der Waals surface area contributed by atoms with Crippen LogP contribution >= 0.6 is 0 Å². The number of amides is 8. The van der Waals surface area contributed by atoms with Gasteiger partial charge in [-0.25, -0.2) is 4.79 Å². The van der Waals surface area contributed by atoms with Gasteiger partial charge in [-0.05, 0) is 36.1 Å². The summed E-state index contributed by atoms with van der Waals surface area (Å²) < 4.78 is 4.71. The molecule has 2 aromatic rings. The van der Waals surface area contributed by atoms with Crippen molar-refractivity contribution in [3.63, 3.8) is 0 Å². The predicted octanol–water partition coefficient (Wildman–Crippen LogP) is 0.00590. The van der Waals surface area contributed by atoms with E-state index in [-0.39, 0.29) is 63.1 Å². The molecule has 0 bridgehead atoms. The van der Waals surface area contributed by atoms with Crippen molar-refractivity contribution >= 4 is 53.1 Å². The van der Waals surface area contributed by atoms with E-state index in [1.54, 1.807) is 54.6 Å². The zero-order valence-corrected chi connectivity index (χ0v) is 27.0. The lowest BCUT2D eigenvalue weighted by atomic mass is 10.1. The minimum Gasteiger partial charge on any atom is -0.445 e. The van der Waals surface area contributed by atoms with Crippen molar-refractivity contribution in [3.05, 3.63) is 65.7 Å². The number of nitrogens with one attached hydrogen (secondary N) is 5. The van der Waals surface area contributed by atoms with Crippen LogP contribution in [0.25, 0.3) is 0 Å². The number of carbonyl (C=O) groups excluding carboxylic acids is 8. The summed E-state index contributed by atoms with van der Waals surface area (Å²) in [7, 11) is 0. The van der Waals surface area contributed by atoms with Gasteiger partial charge in [-0.1, -0.05) is 48.9 Å². The van der Waals surface area contributed by atoms with Crippen molar-refractivity contribution in [3.8, 4) is 0 Å². The fourth-order valence-electron chi connectivity index (χ4n) is 4.75. The van der Waals surface area contributed by atoms with Crippen LogP contribution in [0.15, 0.2) is 54.6 Å². The topological polar surface area (TPSA) is 235 Å². The van der Waals surface area contributed by atoms with Gasteiger partial charge in [0.1, 0.15) is 12.6 Å². The quantitative estimate of drug-likeness (QED) is 0.0865. The molecule has 1 unspecified atom stereocenters. The van der Waals surface area contributed by atoms with Crippen LogP contribution in [0.4, 0.5) is 10.5 Å². The molecule has 1 atom stereocenters. The zero-order valence-electron chi connectivity index (χ0n) is 27.0. The van der Waals surface area contributed by atoms with Gasteiger partial charge in [0, 0.05) is 37.9 Å². The van der Waals surface area contributed by atoms with E-state index in [1.165, 1.54) is 4.90 Å². The highest BCUT2D eigenvalue weighted by atomic mass is 16.5. The number of unbranched alkanes of at least 4 members (excludes halogenated alkanes) is 2. The molecule has 7 N–H and O–H groups in total. The Hall–Kier alpha value is -5.80. The molecule has 0 saturated carbocycles. The molecule has 0 spiro atoms. The summed E-state index contributed by atoms with van der Waals surface area (Å²) in [5.41, 5.74) is 6.79. The van der Waals surface area contributed by atoms with E-state index in [9.17, 15) is 38.4 Å². The fourth-order valence-corrected chi connectivity index (χ4v) is 4.75. The number of ether oxygens (including phenoxy) is 1. The second-order valence-electron chi connectivity index (χ2n) is 11.2. The molecule has 0 aliphatic carbocycles. The van der Waals surface area contributed by atoms with Crippen molar-refractivity contribution in [1.29, 1.82) is 0 Å². The zero-order chi connectivity index (χ0) is 35.6. The summed E-state index contributed by atoms with van der Waals surface area (Å²) in [6, 6.07) is 14.3. The van der Waals surface area contributed by atoms with Crippen molar-refractivity contribution in [2.75, 3.05) is 31.5 Å². The van der Waals surface area contributed by atoms with Crippen LogP contribution in [0, 0.1) is 0 Å². The minimum atomic E-state index is -1.06. The van der Waals surface area contributed by atoms with Crippen LogP contribution in [0.5, 0.6) is 0 Å². The van der Waals surface area contributed by atoms with Crippen molar-refractivity contribution in [1.82, 2.24) is 26.2 Å². The number of hydrogen-bond donors (Lipinski definition) is 6. The SMILES string of the molecule is NC(=O)OCc1ccc(NC(=O)CNC(=O)C(Cc2ccccc2)NC(=O)CNC(=O)CNC(=O)CCCCCN2C(=O)CCC2=O)cc1. The highest BCUT2D eigenvalue weighted by Crippen LogP contribution is 2.13. The molecule has 3 rings (SSSR count). The van der Waals surface area contributed by atoms with E-state index >= 15 is 0 Å². The van der Waals surface area contributed by atoms with Gasteiger partial charge in [0.25, 0.3) is 0 Å². The molecule has 1 heterocycles. The van der Waals surface area contributed by atoms with Gasteiger partial charge in [0.05, 0.1) is 19.6 Å². The minimum absolute atomic E-state index is 0.0220. The Balaban J connectivity index is 1.38. The molecule has 1 aliphatic heterocycles. The van der Waals surface area contributed by atoms with Gasteiger partial charge >= 0.3 is 6.09 Å². The average Bonchev–Trinajstić information content (AvgIpc) is 3.40. The summed E-state index contributed by atoms with van der Waals surface area (Å²) in [4.78, 5) is 97.7. The summed E-state index contributed by atoms with van der Waals surface area (Å²) in [6.45, 7) is -0.883. The second-order valence-corrected chi connectivity index (χ2v) is 11.2. The molecular weight excluding hydrogens is 638 g/mol. The summed E-state index contributed by atoms with van der Waals surface area (Å²) in [5.74, 6) is -3.11. The normalized spacial score (nSPS) is 12.9. The summed E-state index contributed by atoms with van der Waals surface area (Å²) in [6.07, 6.45) is 1.58. The molecular formula is C33H41N7O9. The van der Waals surface area contributed by atoms with Crippen molar-refractivity contribution < 1.29 is 43.1 Å². The molecule has 8 amide bonds. The Morgan fingerprint density at radius 1 is 0.714 bits per heavy atom. The standard InChI is InChI=1S/C33H41N7O9/c34-33(48)49-21-23-10-12-24(13-11-23)38-28(43)20-37-32(47)25(17-22-7-3-1-4-8-22)39-29(44)19-36-27(42)18-35-26(41)9-5-2-6-16-40-30(45)14-15-31(40)46/h1,3-4,7-8,10-13,25H,2,5-6,9,14-21H2,(H2,34,48)(H,35,41)(H,36,42)(H,37,47)(H,38,43)(H,39,44). The van der Waals surface area contributed by atoms with Crippen molar-refractivity contribution in [2.45, 2.75) is 57.6 Å². The number of imide groups is 1. The first-order chi connectivity index (χ1) is 23.5. The first-order valence-electron chi connectivity index (χ1n) is 15.8. The highest BCUT2D eigenvalue weighted by Gasteiger charge is 2.28. The van der Waals surface area contributed by atoms with Crippen LogP contribution in [-0.4, -0.2) is 84.6 Å². The van der Waals surface area contributed by atoms with E-state index in [4.69, 9.17) is 10.5 Å². The monoisotopic (exact) mass is 679 g/mol. The van der Waals surface area contributed by atoms with E-state index in [0.29, 0.717) is 37.1 Å². The Bertz CT molecular complexity index is 1480. The van der Waals surface area contributed by atoms with Crippen LogP contribution in [0.1, 0.15) is 49.7 Å². The van der Waals surface area contributed by atoms with E-state index in [2.05, 4.69) is 26.6 Å². The summed E-state index contributed by atoms with van der Waals surface area (Å²) >= 11 is 0. The average molecular weight is 680 g/mol. The fraction of sp³-hybridized carbons (Fsp3) is 0.394. The molecule has 1 aliphatic rings. The number of nitrogens with zero attached hydrogens (tertiary/aromatic N) is 1. The molecule has 0 radical (unpaired) electrons. The van der Waals surface area contributed by atoms with Gasteiger partial charge in [-0.2, -0.15) is 0 Å². The Morgan fingerprint density at radius 3 is 2.02 bits per heavy atom. The van der Waals surface area contributed by atoms with Crippen LogP contribution in [0.3, 0.4) is 0 Å². The van der Waals surface area contributed by atoms with Gasteiger partial charge in [0.2, 0.25) is 41.4 Å². The van der Waals surface area contributed by atoms with E-state index in [1.807, 2.05) is 0 Å². The van der Waals surface area contributed by atoms with Crippen LogP contribution in [-0.2, 0) is 51.3 Å². The molecule has 1 saturated heterocycles. The Morgan fingerprint density at radius 2 is 1.35 bits per heavy atom. The third-order valence-corrected chi connectivity index (χ3v) is 7.31. The van der Waals surface area contributed by atoms with E-state index < -0.39 is 42.3 Å². The number of anilines is 1. The molecule has 1 fully saturated rings. The first-order valence-corrected chi connectivity index (χ1v) is 15.8. The predicted molar refractivity (Wildman–Crippen MR) is 175 cm³/mol. The maximum Gasteiger partial charge on any atom is 0.404 e. The number of primary amides is 1. The number of rotatable bonds is 19. The molecule has 16 nitrogen and oxygen atoms in total. The van der Waals surface area contributed by atoms with E-state index in [0.717, 1.165) is 5.56 Å². The second kappa shape index (κ2) is 19.8. The Kier molecular flexibility index (Phi) is 15.2. The van der Waals surface area contributed by atoms with Crippen LogP contribution in [0.2, 0.25) is 0 Å². The van der Waals surface area contributed by atoms with Gasteiger partial charge < -0.3 is 37.1 Å². The lowest BCUT2D eigenvalue weighted by molar-refractivity contribution is -0.138. The number of likely N-dealkylation sites (tertiary alicyclic amines) is 1. The number of carbonyl (C=O) groups is 8. The number of hydrogen-bond acceptors (Lipinski definition) is 9. The third kappa shape index (κ3) is 14.2. The molecule has 2 aromatic carbocycles. The highest BCUT2D eigenvalue weighted by molar-refractivity contribution is 6.02. The number of nitrogens with two attached hydrogens (primary N) is 1. The maximum atomic E-state index is 13.0. The smallest absolute Gasteiger partial charge is 0.404 e. The molecule has 0 aromatic heterocycles. The molecule has 16 heteroatoms. The van der Waals surface area contributed by atoms with Crippen molar-refractivity contribution in [2.24, 2.45) is 5.73 Å². The van der Waals surface area contributed by atoms with Gasteiger partial charge in [0.15, 0.2) is 0 Å². The van der Waals surface area contributed by atoms with Crippen LogP contribution < -0.4 is 32.3 Å². The molecule has 49 heavy (non-hydrogen) atoms. The largest absolute Gasteiger partial charge is 0.445 e.